The van der Waals surface area contributed by atoms with Gasteiger partial charge in [0.1, 0.15) is 6.61 Å². The summed E-state index contributed by atoms with van der Waals surface area (Å²) >= 11 is 0. The number of carbonyl (C=O) groups is 1. The first kappa shape index (κ1) is 25.6. The van der Waals surface area contributed by atoms with Crippen LogP contribution < -0.4 is 10.6 Å². The number of rotatable bonds is 8. The second-order valence-corrected chi connectivity index (χ2v) is 12.1. The number of ether oxygens (including phenoxy) is 2. The topological polar surface area (TPSA) is 62.8 Å². The van der Waals surface area contributed by atoms with Crippen LogP contribution in [0, 0.1) is 0 Å². The number of methoxy groups -OCH3 is 1. The third kappa shape index (κ3) is 7.77. The minimum Gasteiger partial charge on any atom is -0.385 e. The van der Waals surface area contributed by atoms with Crippen LogP contribution in [0.25, 0.3) is 0 Å². The molecule has 0 aliphatic carbocycles. The van der Waals surface area contributed by atoms with Gasteiger partial charge in [-0.1, -0.05) is 0 Å². The molecule has 0 spiro atoms. The lowest BCUT2D eigenvalue weighted by Gasteiger charge is -2.50. The average Bonchev–Trinajstić information content (AvgIpc) is 2.51. The highest BCUT2D eigenvalue weighted by Crippen LogP contribution is 2.33. The quantitative estimate of drug-likeness (QED) is 0.583. The van der Waals surface area contributed by atoms with Crippen molar-refractivity contribution in [3.8, 4) is 0 Å². The van der Waals surface area contributed by atoms with Gasteiger partial charge in [0.15, 0.2) is 0 Å². The number of amides is 1. The van der Waals surface area contributed by atoms with Gasteiger partial charge in [-0.15, -0.1) is 0 Å². The second kappa shape index (κ2) is 9.43. The van der Waals surface area contributed by atoms with Crippen LogP contribution in [0.3, 0.4) is 0 Å². The molecule has 2 aliphatic heterocycles. The van der Waals surface area contributed by atoms with Gasteiger partial charge in [0.25, 0.3) is 0 Å². The fraction of sp³-hybridized carbons (Fsp3) is 0.958. The van der Waals surface area contributed by atoms with Crippen LogP contribution in [0.4, 0.5) is 0 Å². The average molecular weight is 426 g/mol. The summed E-state index contributed by atoms with van der Waals surface area (Å²) in [5.74, 6) is 0.110. The van der Waals surface area contributed by atoms with E-state index >= 15 is 0 Å². The third-order valence-electron chi connectivity index (χ3n) is 6.27. The van der Waals surface area contributed by atoms with Crippen molar-refractivity contribution in [3.05, 3.63) is 0 Å². The van der Waals surface area contributed by atoms with Gasteiger partial charge in [-0.05, 0) is 87.5 Å². The van der Waals surface area contributed by atoms with Gasteiger partial charge in [-0.2, -0.15) is 0 Å². The highest BCUT2D eigenvalue weighted by molar-refractivity contribution is 5.78. The number of piperidine rings is 2. The Kier molecular flexibility index (Phi) is 8.04. The van der Waals surface area contributed by atoms with E-state index in [-0.39, 0.29) is 46.8 Å². The zero-order chi connectivity index (χ0) is 22.8. The first-order chi connectivity index (χ1) is 13.6. The van der Waals surface area contributed by atoms with E-state index in [4.69, 9.17) is 9.47 Å². The Morgan fingerprint density at radius 2 is 1.33 bits per heavy atom. The molecule has 176 valence electrons. The molecule has 6 nitrogen and oxygen atoms in total. The summed E-state index contributed by atoms with van der Waals surface area (Å²) in [7, 11) is 1.71. The van der Waals surface area contributed by atoms with Gasteiger partial charge in [0.2, 0.25) is 5.91 Å². The molecule has 0 aromatic carbocycles. The van der Waals surface area contributed by atoms with Crippen molar-refractivity contribution in [1.82, 2.24) is 15.5 Å². The minimum atomic E-state index is -0.00382. The molecule has 2 fully saturated rings. The summed E-state index contributed by atoms with van der Waals surface area (Å²) in [6.07, 6.45) is 4.68. The van der Waals surface area contributed by atoms with E-state index < -0.39 is 0 Å². The van der Waals surface area contributed by atoms with Crippen molar-refractivity contribution in [2.75, 3.05) is 26.9 Å². The molecule has 2 heterocycles. The first-order valence-electron chi connectivity index (χ1n) is 11.6. The standard InChI is InChI=1S/C24H47N3O3/c1-21(2)13-18(14-22(3,4)25-21)27(11-10-12-29-9)20(28)17-30-19-15-23(5,6)26-24(7,8)16-19/h18-19,25-26H,10-17H2,1-9H3. The summed E-state index contributed by atoms with van der Waals surface area (Å²) in [5.41, 5.74) is 0.0136. The Morgan fingerprint density at radius 3 is 1.80 bits per heavy atom. The molecular formula is C24H47N3O3. The molecule has 1 amide bonds. The molecule has 2 N–H and O–H groups in total. The predicted molar refractivity (Wildman–Crippen MR) is 123 cm³/mol. The Hall–Kier alpha value is -0.690. The Morgan fingerprint density at radius 1 is 0.867 bits per heavy atom. The number of nitrogens with zero attached hydrogens (tertiary/aromatic N) is 1. The highest BCUT2D eigenvalue weighted by atomic mass is 16.5. The number of carbonyl (C=O) groups excluding carboxylic acids is 1. The molecule has 2 rings (SSSR count). The van der Waals surface area contributed by atoms with Crippen molar-refractivity contribution in [3.63, 3.8) is 0 Å². The van der Waals surface area contributed by atoms with E-state index in [9.17, 15) is 4.79 Å². The molecule has 0 aromatic rings. The lowest BCUT2D eigenvalue weighted by molar-refractivity contribution is -0.144. The fourth-order valence-electron chi connectivity index (χ4n) is 6.00. The molecule has 30 heavy (non-hydrogen) atoms. The molecule has 0 bridgehead atoms. The fourth-order valence-corrected chi connectivity index (χ4v) is 6.00. The predicted octanol–water partition coefficient (Wildman–Crippen LogP) is 3.49. The molecule has 6 heteroatoms. The molecular weight excluding hydrogens is 378 g/mol. The van der Waals surface area contributed by atoms with Crippen molar-refractivity contribution < 1.29 is 14.3 Å². The molecule has 2 aliphatic rings. The van der Waals surface area contributed by atoms with Gasteiger partial charge >= 0.3 is 0 Å². The Balaban J connectivity index is 2.06. The van der Waals surface area contributed by atoms with Gasteiger partial charge in [0, 0.05) is 48.5 Å². The van der Waals surface area contributed by atoms with Crippen LogP contribution in [0.1, 0.15) is 87.5 Å². The minimum absolute atomic E-state index is 0.00382. The monoisotopic (exact) mass is 425 g/mol. The van der Waals surface area contributed by atoms with Crippen molar-refractivity contribution >= 4 is 5.91 Å². The molecule has 0 saturated carbocycles. The normalized spacial score (nSPS) is 25.8. The highest BCUT2D eigenvalue weighted by Gasteiger charge is 2.42. The lowest BCUT2D eigenvalue weighted by atomic mass is 9.79. The molecule has 0 atom stereocenters. The second-order valence-electron chi connectivity index (χ2n) is 12.1. The SMILES string of the molecule is COCCCN(C(=O)COC1CC(C)(C)NC(C)(C)C1)C1CC(C)(C)NC(C)(C)C1. The Labute approximate surface area is 184 Å². The number of hydrogen-bond acceptors (Lipinski definition) is 5. The molecule has 0 aromatic heterocycles. The third-order valence-corrected chi connectivity index (χ3v) is 6.27. The van der Waals surface area contributed by atoms with Crippen LogP contribution in [-0.4, -0.2) is 72.0 Å². The van der Waals surface area contributed by atoms with E-state index in [2.05, 4.69) is 70.9 Å². The van der Waals surface area contributed by atoms with Crippen molar-refractivity contribution in [1.29, 1.82) is 0 Å². The Bertz CT molecular complexity index is 554. The van der Waals surface area contributed by atoms with Crippen LogP contribution in [0.15, 0.2) is 0 Å². The largest absolute Gasteiger partial charge is 0.385 e. The zero-order valence-corrected chi connectivity index (χ0v) is 21.0. The van der Waals surface area contributed by atoms with Crippen LogP contribution >= 0.6 is 0 Å². The van der Waals surface area contributed by atoms with Crippen molar-refractivity contribution in [2.24, 2.45) is 0 Å². The molecule has 0 radical (unpaired) electrons. The number of hydrogen-bond donors (Lipinski definition) is 2. The smallest absolute Gasteiger partial charge is 0.248 e. The number of nitrogens with one attached hydrogen (secondary N) is 2. The van der Waals surface area contributed by atoms with Gasteiger partial charge in [-0.3, -0.25) is 4.79 Å². The molecule has 2 saturated heterocycles. The van der Waals surface area contributed by atoms with E-state index in [0.29, 0.717) is 6.61 Å². The summed E-state index contributed by atoms with van der Waals surface area (Å²) in [6.45, 7) is 19.3. The van der Waals surface area contributed by atoms with Crippen LogP contribution in [0.2, 0.25) is 0 Å². The summed E-state index contributed by atoms with van der Waals surface area (Å²) in [4.78, 5) is 15.4. The maximum absolute atomic E-state index is 13.3. The van der Waals surface area contributed by atoms with E-state index in [1.54, 1.807) is 7.11 Å². The zero-order valence-electron chi connectivity index (χ0n) is 21.0. The maximum Gasteiger partial charge on any atom is 0.248 e. The van der Waals surface area contributed by atoms with E-state index in [0.717, 1.165) is 38.6 Å². The van der Waals surface area contributed by atoms with Crippen molar-refractivity contribution in [2.45, 2.75) is 122 Å². The maximum atomic E-state index is 13.3. The van der Waals surface area contributed by atoms with E-state index in [1.165, 1.54) is 0 Å². The lowest BCUT2D eigenvalue weighted by Crippen LogP contribution is -2.63. The van der Waals surface area contributed by atoms with Gasteiger partial charge in [0.05, 0.1) is 6.10 Å². The van der Waals surface area contributed by atoms with E-state index in [1.807, 2.05) is 0 Å². The summed E-state index contributed by atoms with van der Waals surface area (Å²) in [5, 5.41) is 7.40. The van der Waals surface area contributed by atoms with Crippen LogP contribution in [-0.2, 0) is 14.3 Å². The van der Waals surface area contributed by atoms with Crippen LogP contribution in [0.5, 0.6) is 0 Å². The summed E-state index contributed by atoms with van der Waals surface area (Å²) in [6, 6.07) is 0.213. The van der Waals surface area contributed by atoms with Gasteiger partial charge < -0.3 is 25.0 Å². The van der Waals surface area contributed by atoms with Gasteiger partial charge in [-0.25, -0.2) is 0 Å². The summed E-state index contributed by atoms with van der Waals surface area (Å²) < 4.78 is 11.5. The molecule has 0 unspecified atom stereocenters. The first-order valence-corrected chi connectivity index (χ1v) is 11.6.